The van der Waals surface area contributed by atoms with Gasteiger partial charge in [0, 0.05) is 6.04 Å². The van der Waals surface area contributed by atoms with E-state index < -0.39 is 5.97 Å². The highest BCUT2D eigenvalue weighted by atomic mass is 32.2. The number of thioether (sulfide) groups is 1. The molecule has 0 atom stereocenters. The van der Waals surface area contributed by atoms with Gasteiger partial charge in [-0.1, -0.05) is 11.8 Å². The topological polar surface area (TPSA) is 68.0 Å². The fourth-order valence-electron chi connectivity index (χ4n) is 2.38. The molecule has 0 unspecified atom stereocenters. The molecule has 1 heterocycles. The van der Waals surface area contributed by atoms with E-state index in [0.717, 1.165) is 17.0 Å². The molecule has 92 valence electrons. The summed E-state index contributed by atoms with van der Waals surface area (Å²) in [5, 5.41) is 17.4. The predicted octanol–water partition coefficient (Wildman–Crippen LogP) is 1.82. The number of carboxylic acids is 1. The van der Waals surface area contributed by atoms with Crippen LogP contribution < -0.4 is 0 Å². The minimum Gasteiger partial charge on any atom is -0.481 e. The van der Waals surface area contributed by atoms with Gasteiger partial charge in [0.1, 0.15) is 6.33 Å². The molecule has 0 radical (unpaired) electrons. The highest BCUT2D eigenvalue weighted by molar-refractivity contribution is 7.99. The molecule has 0 bridgehead atoms. The van der Waals surface area contributed by atoms with E-state index in [1.807, 2.05) is 0 Å². The van der Waals surface area contributed by atoms with Crippen LogP contribution in [-0.4, -0.2) is 31.6 Å². The predicted molar refractivity (Wildman–Crippen MR) is 62.9 cm³/mol. The minimum atomic E-state index is -0.807. The van der Waals surface area contributed by atoms with Crippen molar-refractivity contribution in [3.8, 4) is 0 Å². The highest BCUT2D eigenvalue weighted by Gasteiger charge is 2.43. The first kappa shape index (κ1) is 11.1. The van der Waals surface area contributed by atoms with E-state index in [0.29, 0.717) is 6.04 Å². The van der Waals surface area contributed by atoms with E-state index in [1.54, 1.807) is 6.33 Å². The van der Waals surface area contributed by atoms with Crippen LogP contribution in [0.5, 0.6) is 0 Å². The number of hydrogen-bond donors (Lipinski definition) is 1. The van der Waals surface area contributed by atoms with Crippen LogP contribution in [-0.2, 0) is 4.79 Å². The number of hydrogen-bond acceptors (Lipinski definition) is 4. The van der Waals surface area contributed by atoms with Gasteiger partial charge in [0.2, 0.25) is 0 Å². The third kappa shape index (κ3) is 2.46. The Bertz CT molecular complexity index is 414. The van der Waals surface area contributed by atoms with Gasteiger partial charge in [0.25, 0.3) is 0 Å². The largest absolute Gasteiger partial charge is 0.481 e. The second kappa shape index (κ2) is 4.33. The number of aromatic nitrogens is 3. The summed E-state index contributed by atoms with van der Waals surface area (Å²) in [7, 11) is 0. The van der Waals surface area contributed by atoms with Gasteiger partial charge >= 0.3 is 5.97 Å². The van der Waals surface area contributed by atoms with Gasteiger partial charge in [-0.25, -0.2) is 0 Å². The van der Waals surface area contributed by atoms with Crippen molar-refractivity contribution in [1.82, 2.24) is 14.8 Å². The maximum atomic E-state index is 10.6. The number of rotatable bonds is 6. The van der Waals surface area contributed by atoms with Crippen LogP contribution in [0.4, 0.5) is 0 Å². The van der Waals surface area contributed by atoms with Crippen LogP contribution >= 0.6 is 11.8 Å². The summed E-state index contributed by atoms with van der Waals surface area (Å²) < 4.78 is 2.11. The summed E-state index contributed by atoms with van der Waals surface area (Å²) in [4.78, 5) is 10.6. The summed E-state index contributed by atoms with van der Waals surface area (Å²) in [5.74, 6) is 0.782. The van der Waals surface area contributed by atoms with Crippen LogP contribution in [0.1, 0.15) is 31.7 Å². The van der Waals surface area contributed by atoms with Crippen LogP contribution in [0, 0.1) is 11.8 Å². The molecule has 2 aliphatic carbocycles. The lowest BCUT2D eigenvalue weighted by atomic mass is 10.1. The minimum absolute atomic E-state index is 0.0563. The Balaban J connectivity index is 1.76. The monoisotopic (exact) mass is 253 g/mol. The van der Waals surface area contributed by atoms with Gasteiger partial charge in [-0.15, -0.1) is 10.2 Å². The second-order valence-electron chi connectivity index (χ2n) is 4.87. The molecule has 1 aromatic heterocycles. The van der Waals surface area contributed by atoms with Crippen molar-refractivity contribution in [1.29, 1.82) is 0 Å². The molecule has 0 saturated heterocycles. The molecule has 5 nitrogen and oxygen atoms in total. The standard InChI is InChI=1S/C11H15N3O2S/c15-9(16)5-17-11-13-12-6-14(11)10(7-1-2-7)8-3-4-8/h6-8,10H,1-5H2,(H,15,16). The molecule has 0 aliphatic heterocycles. The van der Waals surface area contributed by atoms with E-state index >= 15 is 0 Å². The molecule has 0 aromatic carbocycles. The van der Waals surface area contributed by atoms with Crippen LogP contribution in [0.3, 0.4) is 0 Å². The van der Waals surface area contributed by atoms with E-state index in [9.17, 15) is 4.79 Å². The zero-order valence-corrected chi connectivity index (χ0v) is 10.3. The molecule has 0 spiro atoms. The van der Waals surface area contributed by atoms with E-state index in [1.165, 1.54) is 37.4 Å². The van der Waals surface area contributed by atoms with Gasteiger partial charge in [-0.05, 0) is 37.5 Å². The van der Waals surface area contributed by atoms with Crippen LogP contribution in [0.2, 0.25) is 0 Å². The average Bonchev–Trinajstić information content (AvgIpc) is 3.17. The maximum Gasteiger partial charge on any atom is 0.313 e. The normalized spacial score (nSPS) is 19.8. The Morgan fingerprint density at radius 1 is 1.47 bits per heavy atom. The molecule has 1 aromatic rings. The fraction of sp³-hybridized carbons (Fsp3) is 0.727. The van der Waals surface area contributed by atoms with Crippen LogP contribution in [0.15, 0.2) is 11.5 Å². The van der Waals surface area contributed by atoms with Crippen molar-refractivity contribution in [2.75, 3.05) is 5.75 Å². The molecule has 6 heteroatoms. The summed E-state index contributed by atoms with van der Waals surface area (Å²) in [5.41, 5.74) is 0. The number of carbonyl (C=O) groups is 1. The fourth-order valence-corrected chi connectivity index (χ4v) is 3.06. The smallest absolute Gasteiger partial charge is 0.313 e. The molecule has 2 saturated carbocycles. The van der Waals surface area contributed by atoms with E-state index in [-0.39, 0.29) is 5.75 Å². The van der Waals surface area contributed by atoms with Crippen molar-refractivity contribution in [3.05, 3.63) is 6.33 Å². The van der Waals surface area contributed by atoms with Gasteiger partial charge in [0.15, 0.2) is 5.16 Å². The zero-order chi connectivity index (χ0) is 11.8. The Kier molecular flexibility index (Phi) is 2.82. The Hall–Kier alpha value is -1.04. The van der Waals surface area contributed by atoms with Crippen molar-refractivity contribution >= 4 is 17.7 Å². The first-order valence-corrected chi connectivity index (χ1v) is 6.98. The van der Waals surface area contributed by atoms with Gasteiger partial charge in [-0.3, -0.25) is 4.79 Å². The zero-order valence-electron chi connectivity index (χ0n) is 9.45. The lowest BCUT2D eigenvalue weighted by molar-refractivity contribution is -0.133. The van der Waals surface area contributed by atoms with Gasteiger partial charge in [-0.2, -0.15) is 0 Å². The van der Waals surface area contributed by atoms with Crippen molar-refractivity contribution in [2.24, 2.45) is 11.8 Å². The van der Waals surface area contributed by atoms with Crippen molar-refractivity contribution < 1.29 is 9.90 Å². The Morgan fingerprint density at radius 3 is 2.65 bits per heavy atom. The van der Waals surface area contributed by atoms with Crippen molar-refractivity contribution in [2.45, 2.75) is 36.9 Å². The van der Waals surface area contributed by atoms with Crippen molar-refractivity contribution in [3.63, 3.8) is 0 Å². The first-order valence-electron chi connectivity index (χ1n) is 6.00. The maximum absolute atomic E-state index is 10.6. The van der Waals surface area contributed by atoms with E-state index in [4.69, 9.17) is 5.11 Å². The Labute approximate surface area is 104 Å². The third-order valence-electron chi connectivity index (χ3n) is 3.40. The molecule has 2 aliphatic rings. The molecule has 3 rings (SSSR count). The lowest BCUT2D eigenvalue weighted by Crippen LogP contribution is -2.14. The lowest BCUT2D eigenvalue weighted by Gasteiger charge is -2.18. The summed E-state index contributed by atoms with van der Waals surface area (Å²) >= 11 is 1.27. The number of carboxylic acid groups (broad SMARTS) is 1. The number of nitrogens with zero attached hydrogens (tertiary/aromatic N) is 3. The first-order chi connectivity index (χ1) is 8.25. The third-order valence-corrected chi connectivity index (χ3v) is 4.34. The number of aliphatic carboxylic acids is 1. The average molecular weight is 253 g/mol. The molecular formula is C11H15N3O2S. The molecule has 1 N–H and O–H groups in total. The summed E-state index contributed by atoms with van der Waals surface area (Å²) in [6.45, 7) is 0. The van der Waals surface area contributed by atoms with Gasteiger partial charge < -0.3 is 9.67 Å². The molecule has 17 heavy (non-hydrogen) atoms. The summed E-state index contributed by atoms with van der Waals surface area (Å²) in [6, 6.07) is 0.515. The molecule has 2 fully saturated rings. The SMILES string of the molecule is O=C(O)CSc1nncn1C(C1CC1)C1CC1. The molecule has 0 amide bonds. The highest BCUT2D eigenvalue weighted by Crippen LogP contribution is 2.52. The van der Waals surface area contributed by atoms with Crippen LogP contribution in [0.25, 0.3) is 0 Å². The van der Waals surface area contributed by atoms with E-state index in [2.05, 4.69) is 14.8 Å². The Morgan fingerprint density at radius 2 is 2.12 bits per heavy atom. The summed E-state index contributed by atoms with van der Waals surface area (Å²) in [6.07, 6.45) is 6.95. The van der Waals surface area contributed by atoms with Gasteiger partial charge in [0.05, 0.1) is 5.75 Å². The quantitative estimate of drug-likeness (QED) is 0.783. The molecular weight excluding hydrogens is 238 g/mol. The second-order valence-corrected chi connectivity index (χ2v) is 5.81.